The Morgan fingerprint density at radius 1 is 1.24 bits per heavy atom. The van der Waals surface area contributed by atoms with Crippen LogP contribution in [0.25, 0.3) is 0 Å². The van der Waals surface area contributed by atoms with Crippen LogP contribution in [0.4, 0.5) is 9.59 Å². The van der Waals surface area contributed by atoms with Gasteiger partial charge in [-0.2, -0.15) is 5.06 Å². The summed E-state index contributed by atoms with van der Waals surface area (Å²) in [5.74, 6) is 0.875. The molecule has 3 heterocycles. The minimum atomic E-state index is -0.963. The second kappa shape index (κ2) is 8.26. The van der Waals surface area contributed by atoms with Gasteiger partial charge in [0.25, 0.3) is 0 Å². The highest BCUT2D eigenvalue weighted by atomic mass is 16.7. The number of hydrogen-bond donors (Lipinski definition) is 1. The van der Waals surface area contributed by atoms with E-state index in [0.29, 0.717) is 37.9 Å². The molecular formula is C24H31N5O5. The first-order valence-corrected chi connectivity index (χ1v) is 11.8. The Balaban J connectivity index is 1.28. The van der Waals surface area contributed by atoms with Crippen LogP contribution in [0, 0.1) is 0 Å². The molecule has 0 spiro atoms. The smallest absolute Gasteiger partial charge is 0.407 e. The molecule has 182 valence electrons. The lowest BCUT2D eigenvalue weighted by molar-refractivity contribution is -0.140. The van der Waals surface area contributed by atoms with Crippen molar-refractivity contribution in [1.82, 2.24) is 25.1 Å². The van der Waals surface area contributed by atoms with Gasteiger partial charge in [0.15, 0.2) is 0 Å². The van der Waals surface area contributed by atoms with Crippen LogP contribution in [0.15, 0.2) is 34.7 Å². The van der Waals surface area contributed by atoms with Crippen molar-refractivity contribution in [2.24, 2.45) is 0 Å². The minimum absolute atomic E-state index is 0.000499. The quantitative estimate of drug-likeness (QED) is 0.653. The number of nitrogens with zero attached hydrogens (tertiary/aromatic N) is 5. The van der Waals surface area contributed by atoms with Crippen LogP contribution < -0.4 is 0 Å². The van der Waals surface area contributed by atoms with E-state index in [9.17, 15) is 14.7 Å². The Hall–Kier alpha value is -3.14. The number of hydrogen-bond acceptors (Lipinski definition) is 6. The minimum Gasteiger partial charge on any atom is -0.465 e. The van der Waals surface area contributed by atoms with Crippen molar-refractivity contribution < 1.29 is 24.0 Å². The van der Waals surface area contributed by atoms with Crippen LogP contribution in [-0.2, 0) is 16.9 Å². The normalized spacial score (nSPS) is 23.3. The first kappa shape index (κ1) is 22.6. The molecule has 2 aliphatic heterocycles. The molecule has 10 heteroatoms. The van der Waals surface area contributed by atoms with E-state index in [4.69, 9.17) is 9.25 Å². The molecule has 2 aromatic rings. The van der Waals surface area contributed by atoms with Gasteiger partial charge in [-0.05, 0) is 52.0 Å². The zero-order valence-electron chi connectivity index (χ0n) is 19.8. The molecule has 1 aromatic heterocycles. The average molecular weight is 470 g/mol. The van der Waals surface area contributed by atoms with Gasteiger partial charge >= 0.3 is 12.1 Å². The maximum Gasteiger partial charge on any atom is 0.407 e. The number of benzene rings is 1. The number of carbonyl (C=O) groups is 2. The van der Waals surface area contributed by atoms with Gasteiger partial charge in [-0.3, -0.25) is 4.84 Å². The SMILES string of the molecule is CC(C)(C)N(CC1(c2nnc(C3CC[C@@H]4CN3C(=O)N4OCc3ccccc3)o2)CC1)C(=O)O. The van der Waals surface area contributed by atoms with Crippen molar-refractivity contribution in [3.63, 3.8) is 0 Å². The summed E-state index contributed by atoms with van der Waals surface area (Å²) >= 11 is 0. The van der Waals surface area contributed by atoms with Crippen LogP contribution in [0.1, 0.15) is 69.8 Å². The van der Waals surface area contributed by atoms with Gasteiger partial charge in [-0.1, -0.05) is 30.3 Å². The maximum absolute atomic E-state index is 13.1. The molecule has 0 radical (unpaired) electrons. The molecule has 1 N–H and O–H groups in total. The van der Waals surface area contributed by atoms with Crippen molar-refractivity contribution in [1.29, 1.82) is 0 Å². The number of fused-ring (bicyclic) bond motifs is 2. The van der Waals surface area contributed by atoms with E-state index in [2.05, 4.69) is 10.2 Å². The number of hydroxylamine groups is 2. The zero-order chi connectivity index (χ0) is 24.1. The molecule has 34 heavy (non-hydrogen) atoms. The number of aromatic nitrogens is 2. The highest BCUT2D eigenvalue weighted by molar-refractivity contribution is 5.77. The lowest BCUT2D eigenvalue weighted by Crippen LogP contribution is -2.48. The fourth-order valence-electron chi connectivity index (χ4n) is 4.84. The largest absolute Gasteiger partial charge is 0.465 e. The van der Waals surface area contributed by atoms with Crippen LogP contribution in [0.5, 0.6) is 0 Å². The number of piperidine rings is 1. The van der Waals surface area contributed by atoms with Crippen LogP contribution in [-0.4, -0.2) is 67.0 Å². The van der Waals surface area contributed by atoms with Crippen LogP contribution in [0.2, 0.25) is 0 Å². The number of carboxylic acid groups (broad SMARTS) is 1. The van der Waals surface area contributed by atoms with E-state index >= 15 is 0 Å². The summed E-state index contributed by atoms with van der Waals surface area (Å²) in [7, 11) is 0. The van der Waals surface area contributed by atoms with E-state index in [-0.39, 0.29) is 18.1 Å². The van der Waals surface area contributed by atoms with Gasteiger partial charge in [0, 0.05) is 18.6 Å². The number of urea groups is 1. The molecule has 1 aliphatic carbocycles. The van der Waals surface area contributed by atoms with Gasteiger partial charge in [0.1, 0.15) is 12.6 Å². The number of carbonyl (C=O) groups excluding carboxylic acids is 1. The van der Waals surface area contributed by atoms with Crippen molar-refractivity contribution in [2.45, 2.75) is 76.1 Å². The molecule has 2 atom stereocenters. The molecule has 3 amide bonds. The van der Waals surface area contributed by atoms with E-state index in [1.165, 1.54) is 9.96 Å². The molecule has 1 unspecified atom stereocenters. The molecule has 3 aliphatic rings. The predicted octanol–water partition coefficient (Wildman–Crippen LogP) is 3.95. The van der Waals surface area contributed by atoms with Gasteiger partial charge in [-0.25, -0.2) is 9.59 Å². The molecule has 1 saturated carbocycles. The Kier molecular flexibility index (Phi) is 5.50. The van der Waals surface area contributed by atoms with Crippen LogP contribution >= 0.6 is 0 Å². The highest BCUT2D eigenvalue weighted by Crippen LogP contribution is 2.49. The summed E-state index contributed by atoms with van der Waals surface area (Å²) in [5.41, 5.74) is 0.0205. The summed E-state index contributed by atoms with van der Waals surface area (Å²) in [6.07, 6.45) is 2.12. The first-order valence-electron chi connectivity index (χ1n) is 11.8. The predicted molar refractivity (Wildman–Crippen MR) is 121 cm³/mol. The zero-order valence-corrected chi connectivity index (χ0v) is 19.8. The third kappa shape index (κ3) is 4.11. The van der Waals surface area contributed by atoms with E-state index in [0.717, 1.165) is 24.8 Å². The summed E-state index contributed by atoms with van der Waals surface area (Å²) in [6, 6.07) is 9.28. The average Bonchev–Trinajstić information content (AvgIpc) is 3.35. The Bertz CT molecular complexity index is 1060. The third-order valence-electron chi connectivity index (χ3n) is 7.07. The Morgan fingerprint density at radius 3 is 2.62 bits per heavy atom. The maximum atomic E-state index is 13.1. The van der Waals surface area contributed by atoms with Crippen molar-refractivity contribution in [2.75, 3.05) is 13.1 Å². The molecule has 2 saturated heterocycles. The summed E-state index contributed by atoms with van der Waals surface area (Å²) in [4.78, 5) is 34.0. The number of amides is 3. The van der Waals surface area contributed by atoms with E-state index in [1.807, 2.05) is 51.1 Å². The molecular weight excluding hydrogens is 438 g/mol. The molecule has 5 rings (SSSR count). The Labute approximate surface area is 198 Å². The summed E-state index contributed by atoms with van der Waals surface area (Å²) in [6.45, 7) is 6.82. The highest BCUT2D eigenvalue weighted by Gasteiger charge is 2.53. The fourth-order valence-corrected chi connectivity index (χ4v) is 4.84. The summed E-state index contributed by atoms with van der Waals surface area (Å²) < 4.78 is 6.11. The van der Waals surface area contributed by atoms with Crippen LogP contribution in [0.3, 0.4) is 0 Å². The van der Waals surface area contributed by atoms with Crippen molar-refractivity contribution in [3.8, 4) is 0 Å². The van der Waals surface area contributed by atoms with Gasteiger partial charge in [-0.15, -0.1) is 10.2 Å². The third-order valence-corrected chi connectivity index (χ3v) is 7.07. The van der Waals surface area contributed by atoms with Gasteiger partial charge in [0.05, 0.1) is 11.5 Å². The first-order chi connectivity index (χ1) is 16.2. The number of rotatable bonds is 7. The van der Waals surface area contributed by atoms with E-state index in [1.54, 1.807) is 4.90 Å². The topological polar surface area (TPSA) is 112 Å². The van der Waals surface area contributed by atoms with E-state index < -0.39 is 17.0 Å². The second-order valence-corrected chi connectivity index (χ2v) is 10.5. The Morgan fingerprint density at radius 2 is 1.97 bits per heavy atom. The second-order valence-electron chi connectivity index (χ2n) is 10.5. The fraction of sp³-hybridized carbons (Fsp3) is 0.583. The monoisotopic (exact) mass is 469 g/mol. The lowest BCUT2D eigenvalue weighted by Gasteiger charge is -2.35. The standard InChI is InChI=1S/C24H31N5O5/c1-23(2,3)28(22(31)32)15-24(11-12-24)20-26-25-19(34-20)18-10-9-17-13-27(18)21(30)29(17)33-14-16-7-5-4-6-8-16/h4-8,17-18H,9-15H2,1-3H3,(H,31,32)/t17-,18?/m1/s1. The molecule has 1 aromatic carbocycles. The van der Waals surface area contributed by atoms with Crippen molar-refractivity contribution in [3.05, 3.63) is 47.7 Å². The van der Waals surface area contributed by atoms with Gasteiger partial charge in [0.2, 0.25) is 11.8 Å². The lowest BCUT2D eigenvalue weighted by atomic mass is 10.0. The van der Waals surface area contributed by atoms with Crippen molar-refractivity contribution >= 4 is 12.1 Å². The molecule has 2 bridgehead atoms. The van der Waals surface area contributed by atoms with Gasteiger partial charge < -0.3 is 19.3 Å². The summed E-state index contributed by atoms with van der Waals surface area (Å²) in [5, 5.41) is 19.8. The molecule has 3 fully saturated rings. The molecule has 10 nitrogen and oxygen atoms in total.